The molecule has 0 heterocycles. The van der Waals surface area contributed by atoms with Gasteiger partial charge in [-0.15, -0.1) is 0 Å². The molecule has 0 aromatic carbocycles. The largest absolute Gasteiger partial charge is 0.300 e. The average molecular weight is 225 g/mol. The third kappa shape index (κ3) is 3.31. The lowest BCUT2D eigenvalue weighted by atomic mass is 9.82. The van der Waals surface area contributed by atoms with Gasteiger partial charge >= 0.3 is 0 Å². The van der Waals surface area contributed by atoms with Gasteiger partial charge < -0.3 is 0 Å². The Morgan fingerprint density at radius 1 is 1.00 bits per heavy atom. The first-order valence-electron chi connectivity index (χ1n) is 6.72. The molecule has 2 heteroatoms. The second-order valence-electron chi connectivity index (χ2n) is 5.75. The molecule has 1 aliphatic rings. The summed E-state index contributed by atoms with van der Waals surface area (Å²) in [5, 5.41) is 0. The fourth-order valence-electron chi connectivity index (χ4n) is 3.22. The van der Waals surface area contributed by atoms with E-state index in [2.05, 4.69) is 39.5 Å². The predicted octanol–water partition coefficient (Wildman–Crippen LogP) is 3.25. The molecule has 1 aliphatic carbocycles. The number of nitrogens with zero attached hydrogens (tertiary/aromatic N) is 1. The summed E-state index contributed by atoms with van der Waals surface area (Å²) in [5.74, 6) is 1.17. The van der Waals surface area contributed by atoms with E-state index >= 15 is 0 Å². The lowest BCUT2D eigenvalue weighted by molar-refractivity contribution is -0.121. The number of ketones is 1. The van der Waals surface area contributed by atoms with Crippen molar-refractivity contribution < 1.29 is 4.79 Å². The molecular weight excluding hydrogens is 198 g/mol. The van der Waals surface area contributed by atoms with E-state index in [0.717, 1.165) is 25.7 Å². The van der Waals surface area contributed by atoms with Crippen molar-refractivity contribution >= 4 is 5.78 Å². The summed E-state index contributed by atoms with van der Waals surface area (Å²) in [5.41, 5.74) is 0. The highest BCUT2D eigenvalue weighted by molar-refractivity contribution is 5.79. The third-order valence-corrected chi connectivity index (χ3v) is 3.93. The molecule has 0 amide bonds. The molecule has 16 heavy (non-hydrogen) atoms. The Kier molecular flexibility index (Phi) is 4.97. The van der Waals surface area contributed by atoms with Gasteiger partial charge in [-0.25, -0.2) is 0 Å². The fraction of sp³-hybridized carbons (Fsp3) is 0.929. The van der Waals surface area contributed by atoms with Crippen LogP contribution >= 0.6 is 0 Å². The number of carbonyl (C=O) groups is 1. The normalized spacial score (nSPS) is 21.1. The van der Waals surface area contributed by atoms with Gasteiger partial charge in [-0.1, -0.05) is 0 Å². The summed E-state index contributed by atoms with van der Waals surface area (Å²) in [6.45, 7) is 11.4. The number of carbonyl (C=O) groups excluding carboxylic acids is 1. The molecule has 0 spiro atoms. The van der Waals surface area contributed by atoms with Gasteiger partial charge in [0.15, 0.2) is 0 Å². The molecule has 0 aliphatic heterocycles. The standard InChI is InChI=1S/C14H27NO/c1-10(2)15(11(3)4)12(5)13-6-8-14(16)9-7-13/h10-13H,6-9H2,1-5H3. The number of hydrogen-bond donors (Lipinski definition) is 0. The van der Waals surface area contributed by atoms with Gasteiger partial charge in [0.25, 0.3) is 0 Å². The summed E-state index contributed by atoms with van der Waals surface area (Å²) in [6, 6.07) is 1.79. The quantitative estimate of drug-likeness (QED) is 0.732. The van der Waals surface area contributed by atoms with E-state index < -0.39 is 0 Å². The van der Waals surface area contributed by atoms with Crippen LogP contribution in [-0.2, 0) is 4.79 Å². The molecule has 0 aromatic heterocycles. The van der Waals surface area contributed by atoms with Crippen LogP contribution in [0.5, 0.6) is 0 Å². The molecular formula is C14H27NO. The van der Waals surface area contributed by atoms with Gasteiger partial charge in [-0.2, -0.15) is 0 Å². The zero-order valence-corrected chi connectivity index (χ0v) is 11.5. The third-order valence-electron chi connectivity index (χ3n) is 3.93. The Morgan fingerprint density at radius 2 is 1.44 bits per heavy atom. The van der Waals surface area contributed by atoms with Crippen LogP contribution in [0, 0.1) is 5.92 Å². The maximum atomic E-state index is 11.3. The average Bonchev–Trinajstić information content (AvgIpc) is 2.17. The molecule has 0 saturated heterocycles. The van der Waals surface area contributed by atoms with Crippen LogP contribution in [0.4, 0.5) is 0 Å². The lowest BCUT2D eigenvalue weighted by Crippen LogP contribution is -2.47. The highest BCUT2D eigenvalue weighted by Gasteiger charge is 2.29. The summed E-state index contributed by atoms with van der Waals surface area (Å²) >= 11 is 0. The second-order valence-corrected chi connectivity index (χ2v) is 5.75. The van der Waals surface area contributed by atoms with E-state index in [1.54, 1.807) is 0 Å². The SMILES string of the molecule is CC(C)N(C(C)C)C(C)C1CCC(=O)CC1. The van der Waals surface area contributed by atoms with Crippen LogP contribution in [0.25, 0.3) is 0 Å². The number of rotatable bonds is 4. The van der Waals surface area contributed by atoms with E-state index in [1.165, 1.54) is 0 Å². The van der Waals surface area contributed by atoms with Crippen molar-refractivity contribution in [2.75, 3.05) is 0 Å². The minimum atomic E-state index is 0.462. The van der Waals surface area contributed by atoms with E-state index in [9.17, 15) is 4.79 Å². The molecule has 0 bridgehead atoms. The van der Waals surface area contributed by atoms with Crippen molar-refractivity contribution in [2.45, 2.75) is 78.4 Å². The summed E-state index contributed by atoms with van der Waals surface area (Å²) in [7, 11) is 0. The minimum absolute atomic E-state index is 0.462. The van der Waals surface area contributed by atoms with E-state index in [1.807, 2.05) is 0 Å². The van der Waals surface area contributed by atoms with Crippen LogP contribution in [-0.4, -0.2) is 28.8 Å². The first-order valence-corrected chi connectivity index (χ1v) is 6.72. The smallest absolute Gasteiger partial charge is 0.132 e. The van der Waals surface area contributed by atoms with Crippen molar-refractivity contribution in [1.29, 1.82) is 0 Å². The predicted molar refractivity (Wildman–Crippen MR) is 68.5 cm³/mol. The number of hydrogen-bond acceptors (Lipinski definition) is 2. The summed E-state index contributed by atoms with van der Waals surface area (Å²) < 4.78 is 0. The molecule has 1 rings (SSSR count). The lowest BCUT2D eigenvalue weighted by Gasteiger charge is -2.41. The highest BCUT2D eigenvalue weighted by Crippen LogP contribution is 2.29. The van der Waals surface area contributed by atoms with Gasteiger partial charge in [-0.3, -0.25) is 9.69 Å². The Balaban J connectivity index is 2.60. The highest BCUT2D eigenvalue weighted by atomic mass is 16.1. The van der Waals surface area contributed by atoms with E-state index in [0.29, 0.717) is 29.8 Å². The summed E-state index contributed by atoms with van der Waals surface area (Å²) in [4.78, 5) is 13.8. The molecule has 0 radical (unpaired) electrons. The zero-order chi connectivity index (χ0) is 12.3. The van der Waals surface area contributed by atoms with E-state index in [-0.39, 0.29) is 0 Å². The molecule has 1 unspecified atom stereocenters. The van der Waals surface area contributed by atoms with Gasteiger partial charge in [-0.05, 0) is 53.4 Å². The van der Waals surface area contributed by atoms with Crippen LogP contribution in [0.2, 0.25) is 0 Å². The summed E-state index contributed by atoms with van der Waals surface area (Å²) in [6.07, 6.45) is 3.80. The molecule has 2 nitrogen and oxygen atoms in total. The van der Waals surface area contributed by atoms with E-state index in [4.69, 9.17) is 0 Å². The van der Waals surface area contributed by atoms with Crippen molar-refractivity contribution in [3.05, 3.63) is 0 Å². The number of Topliss-reactive ketones (excluding diaryl/α,β-unsaturated/α-hetero) is 1. The first kappa shape index (κ1) is 13.7. The van der Waals surface area contributed by atoms with Gasteiger partial charge in [0.2, 0.25) is 0 Å². The molecule has 94 valence electrons. The molecule has 1 atom stereocenters. The Morgan fingerprint density at radius 3 is 1.81 bits per heavy atom. The Bertz CT molecular complexity index is 217. The Labute approximate surface area is 100 Å². The molecule has 0 aromatic rings. The topological polar surface area (TPSA) is 20.3 Å². The maximum absolute atomic E-state index is 11.3. The molecule has 1 fully saturated rings. The maximum Gasteiger partial charge on any atom is 0.132 e. The fourth-order valence-corrected chi connectivity index (χ4v) is 3.22. The van der Waals surface area contributed by atoms with Gasteiger partial charge in [0.05, 0.1) is 0 Å². The minimum Gasteiger partial charge on any atom is -0.300 e. The molecule has 0 N–H and O–H groups in total. The van der Waals surface area contributed by atoms with Crippen LogP contribution in [0.3, 0.4) is 0 Å². The van der Waals surface area contributed by atoms with Crippen molar-refractivity contribution in [3.63, 3.8) is 0 Å². The van der Waals surface area contributed by atoms with Gasteiger partial charge in [0.1, 0.15) is 5.78 Å². The van der Waals surface area contributed by atoms with Crippen molar-refractivity contribution in [3.8, 4) is 0 Å². The monoisotopic (exact) mass is 225 g/mol. The van der Waals surface area contributed by atoms with Crippen molar-refractivity contribution in [2.24, 2.45) is 5.92 Å². The Hall–Kier alpha value is -0.370. The first-order chi connectivity index (χ1) is 7.43. The van der Waals surface area contributed by atoms with Crippen LogP contribution in [0.15, 0.2) is 0 Å². The van der Waals surface area contributed by atoms with Crippen LogP contribution in [0.1, 0.15) is 60.3 Å². The zero-order valence-electron chi connectivity index (χ0n) is 11.5. The van der Waals surface area contributed by atoms with Crippen molar-refractivity contribution in [1.82, 2.24) is 4.90 Å². The van der Waals surface area contributed by atoms with Crippen LogP contribution < -0.4 is 0 Å². The second kappa shape index (κ2) is 5.81. The van der Waals surface area contributed by atoms with Gasteiger partial charge in [0, 0.05) is 31.0 Å². The molecule has 1 saturated carbocycles.